The molecule has 0 spiro atoms. The summed E-state index contributed by atoms with van der Waals surface area (Å²) < 4.78 is 7.22. The molecule has 0 radical (unpaired) electrons. The van der Waals surface area contributed by atoms with E-state index in [1.165, 1.54) is 11.9 Å². The van der Waals surface area contributed by atoms with Gasteiger partial charge in [-0.25, -0.2) is 4.98 Å². The van der Waals surface area contributed by atoms with Gasteiger partial charge in [-0.05, 0) is 31.9 Å². The van der Waals surface area contributed by atoms with Gasteiger partial charge in [-0.15, -0.1) is 0 Å². The number of carbonyl (C=O) groups excluding carboxylic acids is 1. The summed E-state index contributed by atoms with van der Waals surface area (Å²) in [5.74, 6) is 0.783. The summed E-state index contributed by atoms with van der Waals surface area (Å²) in [4.78, 5) is 18.6. The van der Waals surface area contributed by atoms with E-state index in [9.17, 15) is 4.79 Å². The third kappa shape index (κ3) is 3.38. The summed E-state index contributed by atoms with van der Waals surface area (Å²) in [6.07, 6.45) is 5.22. The van der Waals surface area contributed by atoms with E-state index in [-0.39, 0.29) is 5.91 Å². The van der Waals surface area contributed by atoms with Crippen molar-refractivity contribution in [3.63, 3.8) is 0 Å². The van der Waals surface area contributed by atoms with E-state index < -0.39 is 0 Å². The summed E-state index contributed by atoms with van der Waals surface area (Å²) in [5, 5.41) is 4.60. The zero-order valence-electron chi connectivity index (χ0n) is 13.9. The minimum absolute atomic E-state index is 0.0316. The van der Waals surface area contributed by atoms with E-state index in [4.69, 9.17) is 16.3 Å². The smallest absolute Gasteiger partial charge is 0.255 e. The lowest BCUT2D eigenvalue weighted by Gasteiger charge is -2.32. The van der Waals surface area contributed by atoms with Crippen LogP contribution in [0.15, 0.2) is 24.5 Å². The molecular formula is C17H21ClN4O2. The number of pyridine rings is 1. The summed E-state index contributed by atoms with van der Waals surface area (Å²) in [7, 11) is 1.96. The van der Waals surface area contributed by atoms with Gasteiger partial charge < -0.3 is 9.64 Å². The Bertz CT molecular complexity index is 723. The van der Waals surface area contributed by atoms with Crippen molar-refractivity contribution in [2.45, 2.75) is 25.7 Å². The van der Waals surface area contributed by atoms with E-state index in [1.807, 2.05) is 29.7 Å². The molecule has 0 atom stereocenters. The van der Waals surface area contributed by atoms with Gasteiger partial charge in [0.05, 0.1) is 12.2 Å². The predicted octanol–water partition coefficient (Wildman–Crippen LogP) is 2.89. The Morgan fingerprint density at radius 3 is 2.75 bits per heavy atom. The van der Waals surface area contributed by atoms with Crippen LogP contribution < -0.4 is 4.74 Å². The zero-order chi connectivity index (χ0) is 17.1. The quantitative estimate of drug-likeness (QED) is 0.852. The monoisotopic (exact) mass is 348 g/mol. The molecule has 0 saturated carbocycles. The van der Waals surface area contributed by atoms with Crippen molar-refractivity contribution in [2.24, 2.45) is 7.05 Å². The van der Waals surface area contributed by atoms with Crippen LogP contribution in [0, 0.1) is 0 Å². The van der Waals surface area contributed by atoms with E-state index >= 15 is 0 Å². The van der Waals surface area contributed by atoms with Crippen LogP contribution in [0.4, 0.5) is 0 Å². The van der Waals surface area contributed by atoms with E-state index in [0.29, 0.717) is 29.0 Å². The summed E-state index contributed by atoms with van der Waals surface area (Å²) in [6, 6.07) is 3.69. The van der Waals surface area contributed by atoms with Crippen LogP contribution in [-0.2, 0) is 7.05 Å². The molecule has 1 saturated heterocycles. The van der Waals surface area contributed by atoms with Crippen LogP contribution in [0.3, 0.4) is 0 Å². The topological polar surface area (TPSA) is 60.2 Å². The maximum Gasteiger partial charge on any atom is 0.255 e. The largest absolute Gasteiger partial charge is 0.477 e. The Labute approximate surface area is 146 Å². The highest BCUT2D eigenvalue weighted by molar-refractivity contribution is 6.32. The van der Waals surface area contributed by atoms with E-state index in [1.54, 1.807) is 6.07 Å². The fraction of sp³-hybridized carbons (Fsp3) is 0.471. The average molecular weight is 349 g/mol. The van der Waals surface area contributed by atoms with Crippen molar-refractivity contribution in [3.05, 3.63) is 40.8 Å². The van der Waals surface area contributed by atoms with Gasteiger partial charge in [-0.2, -0.15) is 5.10 Å². The molecule has 24 heavy (non-hydrogen) atoms. The van der Waals surface area contributed by atoms with Crippen LogP contribution in [0.1, 0.15) is 41.7 Å². The fourth-order valence-electron chi connectivity index (χ4n) is 3.13. The lowest BCUT2D eigenvalue weighted by molar-refractivity contribution is 0.0711. The van der Waals surface area contributed by atoms with Gasteiger partial charge in [0.25, 0.3) is 5.91 Å². The number of rotatable bonds is 4. The Morgan fingerprint density at radius 2 is 2.17 bits per heavy atom. The number of halogens is 1. The minimum atomic E-state index is -0.0316. The van der Waals surface area contributed by atoms with E-state index in [0.717, 1.165) is 25.9 Å². The van der Waals surface area contributed by atoms with Crippen LogP contribution in [0.2, 0.25) is 5.02 Å². The second-order valence-electron chi connectivity index (χ2n) is 5.89. The number of hydrogen-bond acceptors (Lipinski definition) is 4. The van der Waals surface area contributed by atoms with Crippen LogP contribution >= 0.6 is 11.6 Å². The molecule has 0 aromatic carbocycles. The van der Waals surface area contributed by atoms with Gasteiger partial charge in [0.2, 0.25) is 5.88 Å². The van der Waals surface area contributed by atoms with Crippen molar-refractivity contribution < 1.29 is 9.53 Å². The van der Waals surface area contributed by atoms with Crippen molar-refractivity contribution in [1.82, 2.24) is 19.7 Å². The first kappa shape index (κ1) is 16.8. The lowest BCUT2D eigenvalue weighted by Crippen LogP contribution is -2.38. The number of piperidine rings is 1. The highest BCUT2D eigenvalue weighted by Crippen LogP contribution is 2.29. The molecule has 7 heteroatoms. The van der Waals surface area contributed by atoms with Crippen LogP contribution in [0.25, 0.3) is 0 Å². The second-order valence-corrected chi connectivity index (χ2v) is 6.30. The average Bonchev–Trinajstić information content (AvgIpc) is 3.02. The summed E-state index contributed by atoms with van der Waals surface area (Å²) in [5.41, 5.74) is 1.73. The Hall–Kier alpha value is -2.08. The van der Waals surface area contributed by atoms with Crippen molar-refractivity contribution in [2.75, 3.05) is 19.7 Å². The molecule has 0 aliphatic carbocycles. The number of amides is 1. The predicted molar refractivity (Wildman–Crippen MR) is 91.5 cm³/mol. The third-order valence-corrected chi connectivity index (χ3v) is 4.67. The highest BCUT2D eigenvalue weighted by Gasteiger charge is 2.26. The maximum absolute atomic E-state index is 12.7. The standard InChI is InChI=1S/C17H21ClN4O2/c1-3-24-16-14(18)10-13(11-19-16)17(23)22-8-5-12(6-9-22)15-4-7-20-21(15)2/h4,7,10-12H,3,5-6,8-9H2,1-2H3. The Kier molecular flexibility index (Phi) is 5.04. The molecule has 1 aliphatic rings. The molecule has 1 amide bonds. The first-order valence-corrected chi connectivity index (χ1v) is 8.53. The van der Waals surface area contributed by atoms with Gasteiger partial charge in [0.1, 0.15) is 5.02 Å². The first-order valence-electron chi connectivity index (χ1n) is 8.15. The Morgan fingerprint density at radius 1 is 1.42 bits per heavy atom. The van der Waals surface area contributed by atoms with Crippen molar-refractivity contribution in [3.8, 4) is 5.88 Å². The zero-order valence-corrected chi connectivity index (χ0v) is 14.7. The molecule has 2 aromatic heterocycles. The fourth-order valence-corrected chi connectivity index (χ4v) is 3.35. The third-order valence-electron chi connectivity index (χ3n) is 4.39. The molecule has 3 rings (SSSR count). The summed E-state index contributed by atoms with van der Waals surface area (Å²) >= 11 is 6.13. The number of aromatic nitrogens is 3. The molecule has 0 N–H and O–H groups in total. The number of likely N-dealkylation sites (tertiary alicyclic amines) is 1. The van der Waals surface area contributed by atoms with Crippen LogP contribution in [0.5, 0.6) is 5.88 Å². The van der Waals surface area contributed by atoms with Gasteiger partial charge >= 0.3 is 0 Å². The second kappa shape index (κ2) is 7.21. The van der Waals surface area contributed by atoms with Gasteiger partial charge in [-0.1, -0.05) is 11.6 Å². The number of hydrogen-bond donors (Lipinski definition) is 0. The lowest BCUT2D eigenvalue weighted by atomic mass is 9.93. The SMILES string of the molecule is CCOc1ncc(C(=O)N2CCC(c3ccnn3C)CC2)cc1Cl. The van der Waals surface area contributed by atoms with Gasteiger partial charge in [-0.3, -0.25) is 9.48 Å². The molecule has 1 fully saturated rings. The van der Waals surface area contributed by atoms with E-state index in [2.05, 4.69) is 16.1 Å². The number of carbonyl (C=O) groups is 1. The Balaban J connectivity index is 1.65. The molecule has 1 aliphatic heterocycles. The maximum atomic E-state index is 12.7. The minimum Gasteiger partial charge on any atom is -0.477 e. The normalized spacial score (nSPS) is 15.5. The molecule has 6 nitrogen and oxygen atoms in total. The van der Waals surface area contributed by atoms with Gasteiger partial charge in [0, 0.05) is 44.1 Å². The number of ether oxygens (including phenoxy) is 1. The van der Waals surface area contributed by atoms with Gasteiger partial charge in [0.15, 0.2) is 0 Å². The molecule has 0 bridgehead atoms. The molecular weight excluding hydrogens is 328 g/mol. The highest BCUT2D eigenvalue weighted by atomic mass is 35.5. The molecule has 0 unspecified atom stereocenters. The number of aryl methyl sites for hydroxylation is 1. The van der Waals surface area contributed by atoms with Crippen LogP contribution in [-0.4, -0.2) is 45.3 Å². The first-order chi connectivity index (χ1) is 11.6. The molecule has 3 heterocycles. The summed E-state index contributed by atoms with van der Waals surface area (Å²) in [6.45, 7) is 3.80. The molecule has 2 aromatic rings. The van der Waals surface area contributed by atoms with Crippen molar-refractivity contribution >= 4 is 17.5 Å². The molecule has 128 valence electrons. The van der Waals surface area contributed by atoms with Crippen molar-refractivity contribution in [1.29, 1.82) is 0 Å². The number of nitrogens with zero attached hydrogens (tertiary/aromatic N) is 4.